The number of H-pyrrole nitrogens is 1. The van der Waals surface area contributed by atoms with Crippen LogP contribution in [-0.2, 0) is 16.4 Å². The van der Waals surface area contributed by atoms with Gasteiger partial charge in [-0.3, -0.25) is 0 Å². The molecule has 1 aromatic heterocycles. The van der Waals surface area contributed by atoms with E-state index in [2.05, 4.69) is 4.98 Å². The molecule has 1 unspecified atom stereocenters. The second-order valence-electron chi connectivity index (χ2n) is 6.78. The van der Waals surface area contributed by atoms with E-state index in [0.29, 0.717) is 16.5 Å². The van der Waals surface area contributed by atoms with Crippen LogP contribution in [0.2, 0.25) is 0 Å². The number of alkyl halides is 3. The van der Waals surface area contributed by atoms with Crippen LogP contribution in [0.25, 0.3) is 10.9 Å². The largest absolute Gasteiger partial charge is 0.405 e. The molecule has 0 aliphatic heterocycles. The van der Waals surface area contributed by atoms with E-state index in [0.717, 1.165) is 5.56 Å². The molecule has 150 valence electrons. The number of anilines is 1. The van der Waals surface area contributed by atoms with E-state index in [1.807, 2.05) is 4.72 Å². The number of halogens is 3. The molecule has 0 bridgehead atoms. The first-order valence-corrected chi connectivity index (χ1v) is 9.98. The van der Waals surface area contributed by atoms with Gasteiger partial charge < -0.3 is 10.7 Å². The average Bonchev–Trinajstić information content (AvgIpc) is 2.95. The summed E-state index contributed by atoms with van der Waals surface area (Å²) in [6, 6.07) is 7.58. The van der Waals surface area contributed by atoms with Crippen molar-refractivity contribution in [2.75, 3.05) is 5.73 Å². The molecule has 9 heteroatoms. The third-order valence-electron chi connectivity index (χ3n) is 4.51. The maximum Gasteiger partial charge on any atom is 0.405 e. The summed E-state index contributed by atoms with van der Waals surface area (Å²) in [4.78, 5) is 2.57. The van der Waals surface area contributed by atoms with Gasteiger partial charge in [-0.2, -0.15) is 17.9 Å². The Morgan fingerprint density at radius 1 is 1.18 bits per heavy atom. The third kappa shape index (κ3) is 4.00. The minimum Gasteiger partial charge on any atom is -0.398 e. The number of nitrogen functional groups attached to an aromatic ring is 1. The van der Waals surface area contributed by atoms with E-state index in [4.69, 9.17) is 5.73 Å². The topological polar surface area (TPSA) is 88.0 Å². The van der Waals surface area contributed by atoms with Crippen LogP contribution in [0.4, 0.5) is 18.9 Å². The fraction of sp³-hybridized carbons (Fsp3) is 0.263. The van der Waals surface area contributed by atoms with Gasteiger partial charge in [0.15, 0.2) is 0 Å². The van der Waals surface area contributed by atoms with Crippen molar-refractivity contribution in [2.24, 2.45) is 0 Å². The van der Waals surface area contributed by atoms with Crippen LogP contribution in [0.3, 0.4) is 0 Å². The Morgan fingerprint density at radius 3 is 2.50 bits per heavy atom. The number of benzene rings is 2. The minimum atomic E-state index is -4.78. The molecule has 5 nitrogen and oxygen atoms in total. The molecule has 0 saturated heterocycles. The molecule has 4 N–H and O–H groups in total. The fourth-order valence-electron chi connectivity index (χ4n) is 3.35. The molecule has 28 heavy (non-hydrogen) atoms. The lowest BCUT2D eigenvalue weighted by atomic mass is 10.1. The van der Waals surface area contributed by atoms with Crippen LogP contribution in [0.5, 0.6) is 0 Å². The molecule has 2 aromatic carbocycles. The van der Waals surface area contributed by atoms with Crippen LogP contribution in [0.15, 0.2) is 47.5 Å². The number of aromatic amines is 1. The Bertz CT molecular complexity index is 1100. The summed E-state index contributed by atoms with van der Waals surface area (Å²) in [6.45, 7) is 3.23. The quantitative estimate of drug-likeness (QED) is 0.558. The number of aryl methyl sites for hydroxylation is 2. The van der Waals surface area contributed by atoms with E-state index < -0.39 is 28.7 Å². The van der Waals surface area contributed by atoms with Crippen LogP contribution in [-0.4, -0.2) is 25.6 Å². The summed E-state index contributed by atoms with van der Waals surface area (Å²) in [5, 5.41) is 0.613. The normalized spacial score (nSPS) is 13.8. The van der Waals surface area contributed by atoms with Crippen LogP contribution >= 0.6 is 0 Å². The first kappa shape index (κ1) is 20.2. The van der Waals surface area contributed by atoms with Crippen molar-refractivity contribution in [1.82, 2.24) is 9.71 Å². The lowest BCUT2D eigenvalue weighted by Crippen LogP contribution is -2.47. The number of nitrogens with two attached hydrogens (primary N) is 1. The van der Waals surface area contributed by atoms with Gasteiger partial charge in [0.1, 0.15) is 10.9 Å². The molecule has 0 aliphatic carbocycles. The van der Waals surface area contributed by atoms with Crippen LogP contribution < -0.4 is 10.5 Å². The number of hydrogen-bond acceptors (Lipinski definition) is 3. The predicted molar refractivity (Wildman–Crippen MR) is 102 cm³/mol. The summed E-state index contributed by atoms with van der Waals surface area (Å²) < 4.78 is 68.2. The van der Waals surface area contributed by atoms with Crippen molar-refractivity contribution in [2.45, 2.75) is 37.4 Å². The number of aromatic nitrogens is 1. The third-order valence-corrected chi connectivity index (χ3v) is 6.20. The molecule has 0 fully saturated rings. The van der Waals surface area contributed by atoms with Gasteiger partial charge in [0.05, 0.1) is 5.69 Å². The van der Waals surface area contributed by atoms with E-state index in [9.17, 15) is 21.6 Å². The Hall–Kier alpha value is -2.52. The Kier molecular flexibility index (Phi) is 5.16. The van der Waals surface area contributed by atoms with E-state index >= 15 is 0 Å². The summed E-state index contributed by atoms with van der Waals surface area (Å²) in [5.74, 6) is 0. The molecular formula is C19H20F3N3O2S. The molecule has 0 amide bonds. The van der Waals surface area contributed by atoms with Crippen molar-refractivity contribution >= 4 is 26.6 Å². The smallest absolute Gasteiger partial charge is 0.398 e. The van der Waals surface area contributed by atoms with Crippen molar-refractivity contribution in [3.05, 3.63) is 59.3 Å². The zero-order valence-corrected chi connectivity index (χ0v) is 16.1. The maximum absolute atomic E-state index is 13.7. The highest BCUT2D eigenvalue weighted by Gasteiger charge is 2.43. The van der Waals surface area contributed by atoms with Crippen molar-refractivity contribution in [1.29, 1.82) is 0 Å². The van der Waals surface area contributed by atoms with Gasteiger partial charge in [0, 0.05) is 17.1 Å². The van der Waals surface area contributed by atoms with Crippen LogP contribution in [0, 0.1) is 13.8 Å². The zero-order chi connectivity index (χ0) is 20.7. The van der Waals surface area contributed by atoms with Gasteiger partial charge in [0.25, 0.3) is 0 Å². The lowest BCUT2D eigenvalue weighted by Gasteiger charge is -2.22. The minimum absolute atomic E-state index is 0.0852. The molecule has 0 radical (unpaired) electrons. The molecule has 1 heterocycles. The molecule has 3 aromatic rings. The SMILES string of the molecule is Cc1cc(C)c(S(=O)(=O)NC(Cc2c[nH]c3ccccc23)C(F)(F)F)c(N)c1. The highest BCUT2D eigenvalue weighted by molar-refractivity contribution is 7.89. The standard InChI is InChI=1S/C19H20F3N3O2S/c1-11-7-12(2)18(15(23)8-11)28(26,27)25-17(19(20,21)22)9-13-10-24-16-6-4-3-5-14(13)16/h3-8,10,17,24-25H,9,23H2,1-2H3. The van der Waals surface area contributed by atoms with Crippen LogP contribution in [0.1, 0.15) is 16.7 Å². The van der Waals surface area contributed by atoms with Gasteiger partial charge in [-0.05, 0) is 49.1 Å². The highest BCUT2D eigenvalue weighted by Crippen LogP contribution is 2.30. The predicted octanol–water partition coefficient (Wildman–Crippen LogP) is 3.82. The molecule has 0 saturated carbocycles. The van der Waals surface area contributed by atoms with Gasteiger partial charge >= 0.3 is 6.18 Å². The summed E-state index contributed by atoms with van der Waals surface area (Å²) >= 11 is 0. The molecule has 3 rings (SSSR count). The first-order valence-electron chi connectivity index (χ1n) is 8.50. The second-order valence-corrected chi connectivity index (χ2v) is 8.43. The average molecular weight is 411 g/mol. The number of para-hydroxylation sites is 1. The molecule has 1 atom stereocenters. The fourth-order valence-corrected chi connectivity index (χ4v) is 4.91. The summed E-state index contributed by atoms with van der Waals surface area (Å²) in [7, 11) is -4.48. The number of fused-ring (bicyclic) bond motifs is 1. The number of hydrogen-bond donors (Lipinski definition) is 3. The molecule has 0 aliphatic rings. The Labute approximate surface area is 160 Å². The Morgan fingerprint density at radius 2 is 1.86 bits per heavy atom. The monoisotopic (exact) mass is 411 g/mol. The van der Waals surface area contributed by atoms with E-state index in [1.54, 1.807) is 37.3 Å². The molecular weight excluding hydrogens is 391 g/mol. The number of nitrogens with one attached hydrogen (secondary N) is 2. The number of sulfonamides is 1. The van der Waals surface area contributed by atoms with Gasteiger partial charge in [-0.25, -0.2) is 8.42 Å². The van der Waals surface area contributed by atoms with Crippen molar-refractivity contribution in [3.8, 4) is 0 Å². The summed E-state index contributed by atoms with van der Waals surface area (Å²) in [6.07, 6.45) is -3.86. The zero-order valence-electron chi connectivity index (χ0n) is 15.3. The Balaban J connectivity index is 1.98. The van der Waals surface area contributed by atoms with E-state index in [1.165, 1.54) is 19.2 Å². The first-order chi connectivity index (χ1) is 13.0. The second kappa shape index (κ2) is 7.14. The van der Waals surface area contributed by atoms with Gasteiger partial charge in [-0.15, -0.1) is 0 Å². The maximum atomic E-state index is 13.7. The van der Waals surface area contributed by atoms with E-state index in [-0.39, 0.29) is 16.1 Å². The summed E-state index contributed by atoms with van der Waals surface area (Å²) in [5.41, 5.74) is 7.78. The highest BCUT2D eigenvalue weighted by atomic mass is 32.2. The molecule has 0 spiro atoms. The van der Waals surface area contributed by atoms with Crippen molar-refractivity contribution < 1.29 is 21.6 Å². The van der Waals surface area contributed by atoms with Crippen molar-refractivity contribution in [3.63, 3.8) is 0 Å². The number of rotatable bonds is 5. The lowest BCUT2D eigenvalue weighted by molar-refractivity contribution is -0.150. The van der Waals surface area contributed by atoms with Gasteiger partial charge in [-0.1, -0.05) is 24.3 Å². The van der Waals surface area contributed by atoms with Gasteiger partial charge in [0.2, 0.25) is 10.0 Å².